The molecule has 0 amide bonds. The Kier molecular flexibility index (Phi) is 19.1. The number of fused-ring (bicyclic) bond motifs is 6. The number of hydrogen-bond donors (Lipinski definition) is 5. The average Bonchev–Trinajstić information content (AvgIpc) is 1.68. The Balaban J connectivity index is 0.000000167. The van der Waals surface area contributed by atoms with Crippen molar-refractivity contribution in [2.45, 2.75) is 214 Å². The number of likely N-dealkylation sites (N-methyl/N-ethyl adjacent to an activating group) is 3. The number of carbonyl (C=O) groups is 5. The first-order valence-electron chi connectivity index (χ1n) is 29.2. The third kappa shape index (κ3) is 13.4. The highest BCUT2D eigenvalue weighted by atomic mass is 16.5. The van der Waals surface area contributed by atoms with Crippen LogP contribution in [0.1, 0.15) is 145 Å². The molecule has 0 bridgehead atoms. The molecule has 9 atom stereocenters. The third-order valence-corrected chi connectivity index (χ3v) is 16.0. The van der Waals surface area contributed by atoms with Gasteiger partial charge in [0.2, 0.25) is 23.5 Å². The maximum absolute atomic E-state index is 13.2. The number of nitrogen functional groups attached to an aromatic ring is 1. The molecule has 8 N–H and O–H groups in total. The quantitative estimate of drug-likeness (QED) is 0.0819. The van der Waals surface area contributed by atoms with Crippen molar-refractivity contribution in [3.63, 3.8) is 0 Å². The van der Waals surface area contributed by atoms with Gasteiger partial charge in [0.15, 0.2) is 24.4 Å². The lowest BCUT2D eigenvalue weighted by molar-refractivity contribution is -0.139. The van der Waals surface area contributed by atoms with E-state index in [1.807, 2.05) is 67.4 Å². The van der Waals surface area contributed by atoms with Gasteiger partial charge in [0, 0.05) is 74.4 Å². The van der Waals surface area contributed by atoms with Crippen LogP contribution in [0.2, 0.25) is 0 Å². The van der Waals surface area contributed by atoms with Gasteiger partial charge in [-0.25, -0.2) is 15.0 Å². The van der Waals surface area contributed by atoms with Crippen molar-refractivity contribution in [3.8, 4) is 0 Å². The lowest BCUT2D eigenvalue weighted by Gasteiger charge is -2.44. The van der Waals surface area contributed by atoms with Gasteiger partial charge in [-0.15, -0.1) is 0 Å². The summed E-state index contributed by atoms with van der Waals surface area (Å²) in [5.74, 6) is 1.19. The highest BCUT2D eigenvalue weighted by molar-refractivity contribution is 5.95. The molecule has 0 spiro atoms. The number of unbranched alkanes of at least 4 members (excludes halogenated alkanes) is 1. The van der Waals surface area contributed by atoms with Crippen molar-refractivity contribution in [1.82, 2.24) is 52.9 Å². The van der Waals surface area contributed by atoms with Gasteiger partial charge < -0.3 is 60.4 Å². The molecule has 0 fully saturated rings. The maximum atomic E-state index is 13.2. The van der Waals surface area contributed by atoms with Gasteiger partial charge in [-0.1, -0.05) is 0 Å². The molecule has 0 saturated heterocycles. The van der Waals surface area contributed by atoms with E-state index in [2.05, 4.69) is 142 Å². The minimum absolute atomic E-state index is 0.00157. The van der Waals surface area contributed by atoms with Gasteiger partial charge >= 0.3 is 5.97 Å². The van der Waals surface area contributed by atoms with E-state index in [4.69, 9.17) is 22.3 Å². The Morgan fingerprint density at radius 2 is 1.15 bits per heavy atom. The van der Waals surface area contributed by atoms with Crippen molar-refractivity contribution in [1.29, 1.82) is 0 Å². The molecule has 0 radical (unpaired) electrons. The van der Waals surface area contributed by atoms with Crippen LogP contribution >= 0.6 is 0 Å². The molecule has 0 saturated carbocycles. The number of aromatic nitrogens is 8. The summed E-state index contributed by atoms with van der Waals surface area (Å²) < 4.78 is 11.4. The van der Waals surface area contributed by atoms with Crippen molar-refractivity contribution >= 4 is 72.8 Å². The minimum atomic E-state index is -1.18. The number of nitrogens with two attached hydrogens (primary N) is 3. The molecule has 4 aromatic rings. The Labute approximate surface area is 508 Å². The number of ether oxygens (including phenoxy) is 1. The van der Waals surface area contributed by atoms with E-state index in [0.29, 0.717) is 53.6 Å². The zero-order chi connectivity index (χ0) is 64.9. The molecule has 87 heavy (non-hydrogen) atoms. The number of rotatable bonds is 11. The SMILES string of the molecule is CC(C)(C)n1ccc(N)nc1=NCCCCC(N)C(=O)O.Cc1cn2c(n1)N(C)C1C(N=CN1C(C)(C)C)C2=O.Cc1nc2n(c1C)C(=O)C1N=CN(C(C)(C)C)C1N2C.Cc1nc2n(c1CC(O)C(N)OC=O)C(=O)C1N=CN(C(C)(C)C)C1N2C. The summed E-state index contributed by atoms with van der Waals surface area (Å²) in [6.45, 7) is 33.4. The van der Waals surface area contributed by atoms with Gasteiger partial charge in [0.25, 0.3) is 24.2 Å². The normalized spacial score (nSPS) is 22.3. The zero-order valence-electron chi connectivity index (χ0n) is 53.9. The summed E-state index contributed by atoms with van der Waals surface area (Å²) in [7, 11) is 5.82. The maximum Gasteiger partial charge on any atom is 0.320 e. The van der Waals surface area contributed by atoms with Crippen LogP contribution in [0.5, 0.6) is 0 Å². The fraction of sp³-hybridized carbons (Fsp3) is 0.638. The topological polar surface area (TPSA) is 353 Å². The lowest BCUT2D eigenvalue weighted by atomic mass is 10.0. The van der Waals surface area contributed by atoms with E-state index < -0.39 is 30.4 Å². The first-order chi connectivity index (χ1) is 40.3. The van der Waals surface area contributed by atoms with E-state index >= 15 is 0 Å². The summed E-state index contributed by atoms with van der Waals surface area (Å²) in [5.41, 5.74) is 20.6. The number of carbonyl (C=O) groups excluding carboxylic acids is 4. The van der Waals surface area contributed by atoms with Crippen molar-refractivity contribution in [3.05, 3.63) is 52.5 Å². The molecular formula is C58H91N21O8. The number of nitrogens with zero attached hydrogens (tertiary/aromatic N) is 18. The number of anilines is 4. The van der Waals surface area contributed by atoms with Gasteiger partial charge in [-0.05, 0) is 136 Å². The van der Waals surface area contributed by atoms with Crippen LogP contribution in [0, 0.1) is 27.7 Å². The molecule has 0 aromatic carbocycles. The molecule has 0 aliphatic carbocycles. The lowest BCUT2D eigenvalue weighted by Crippen LogP contribution is -2.60. The number of aryl methyl sites for hydroxylation is 3. The third-order valence-electron chi connectivity index (χ3n) is 16.0. The average molecular weight is 1210 g/mol. The van der Waals surface area contributed by atoms with Crippen LogP contribution < -0.4 is 37.5 Å². The van der Waals surface area contributed by atoms with Crippen LogP contribution in [0.25, 0.3) is 0 Å². The number of imidazole rings is 3. The minimum Gasteiger partial charge on any atom is -0.480 e. The predicted octanol–water partition coefficient (Wildman–Crippen LogP) is 2.73. The van der Waals surface area contributed by atoms with E-state index in [0.717, 1.165) is 29.9 Å². The smallest absolute Gasteiger partial charge is 0.320 e. The number of aliphatic carboxylic acids is 1. The van der Waals surface area contributed by atoms with Crippen LogP contribution in [0.4, 0.5) is 23.7 Å². The number of aliphatic hydroxyl groups is 1. The van der Waals surface area contributed by atoms with E-state index in [1.165, 1.54) is 4.57 Å². The number of aliphatic imine (C=N–C) groups is 3. The molecule has 29 nitrogen and oxygen atoms in total. The van der Waals surface area contributed by atoms with Crippen molar-refractivity contribution in [2.24, 2.45) is 31.4 Å². The highest BCUT2D eigenvalue weighted by Crippen LogP contribution is 2.38. The van der Waals surface area contributed by atoms with Crippen LogP contribution in [0.15, 0.2) is 38.4 Å². The molecule has 10 rings (SSSR count). The summed E-state index contributed by atoms with van der Waals surface area (Å²) in [5, 5.41) is 18.9. The molecular weight excluding hydrogens is 1120 g/mol. The number of carboxylic acid groups (broad SMARTS) is 1. The summed E-state index contributed by atoms with van der Waals surface area (Å²) >= 11 is 0. The van der Waals surface area contributed by atoms with Crippen LogP contribution in [-0.2, 0) is 26.3 Å². The zero-order valence-corrected chi connectivity index (χ0v) is 53.9. The Hall–Kier alpha value is -8.05. The molecule has 6 aliphatic rings. The fourth-order valence-electron chi connectivity index (χ4n) is 11.1. The van der Waals surface area contributed by atoms with E-state index in [-0.39, 0.29) is 83.4 Å². The number of aliphatic hydroxyl groups excluding tert-OH is 1. The molecule has 29 heteroatoms. The first kappa shape index (κ1) is 66.5. The molecule has 4 aromatic heterocycles. The Morgan fingerprint density at radius 1 is 0.678 bits per heavy atom. The van der Waals surface area contributed by atoms with Gasteiger partial charge in [0.1, 0.15) is 36.5 Å². The first-order valence-corrected chi connectivity index (χ1v) is 29.2. The molecule has 9 unspecified atom stereocenters. The number of carboxylic acids is 1. The predicted molar refractivity (Wildman–Crippen MR) is 332 cm³/mol. The molecule has 10 heterocycles. The van der Waals surface area contributed by atoms with Gasteiger partial charge in [-0.2, -0.15) is 4.98 Å². The van der Waals surface area contributed by atoms with Gasteiger partial charge in [-0.3, -0.25) is 63.4 Å². The fourth-order valence-corrected chi connectivity index (χ4v) is 11.1. The van der Waals surface area contributed by atoms with Crippen LogP contribution in [0.3, 0.4) is 0 Å². The summed E-state index contributed by atoms with van der Waals surface area (Å²) in [4.78, 5) is 107. The van der Waals surface area contributed by atoms with E-state index in [1.54, 1.807) is 47.3 Å². The summed E-state index contributed by atoms with van der Waals surface area (Å²) in [6.07, 6.45) is 8.15. The highest BCUT2D eigenvalue weighted by Gasteiger charge is 2.52. The molecule has 6 aliphatic heterocycles. The Bertz CT molecular complexity index is 3380. The van der Waals surface area contributed by atoms with Crippen molar-refractivity contribution in [2.75, 3.05) is 48.1 Å². The monoisotopic (exact) mass is 1210 g/mol. The van der Waals surface area contributed by atoms with E-state index in [9.17, 15) is 29.1 Å². The Morgan fingerprint density at radius 3 is 1.63 bits per heavy atom. The van der Waals surface area contributed by atoms with Gasteiger partial charge in [0.05, 0.1) is 41.8 Å². The largest absolute Gasteiger partial charge is 0.480 e. The molecule has 476 valence electrons. The standard InChI is InChI=1S/C17H26N6O4.C14H25N5O2.C14H21N5O.C13H19N5O/c1-9-10(6-11(25)13(18)27-8-24)23-15(26)12-14(21(5)16(23)20-9)22(7-19-12)17(2,3)4;1-14(2,3)19-9-7-11(16)18-13(19)17-8-5-4-6-10(15)12(20)21;1-8-9(2)19-12(20)10-11(17(6)13(19)16-8)18(7-15-10)14(3,4)5;1-8-6-17-11(19)9-10(16(5)12(17)15-8)18(7-14-9)13(2,3)4/h7-8,11-14,25H,6,18H2,1-5H3;7,9-10H,4-6,8,15H2,1-3H3,(H,20,21)(H2,16,17,18);7,10-11H,1-6H3;6-7,9-10H,1-5H3. The summed E-state index contributed by atoms with van der Waals surface area (Å²) in [6, 6.07) is -0.388. The number of hydrogen-bond acceptors (Lipinski definition) is 24. The van der Waals surface area contributed by atoms with Crippen molar-refractivity contribution < 1.29 is 38.9 Å². The second kappa shape index (κ2) is 25.0. The van der Waals surface area contributed by atoms with Crippen LogP contribution in [-0.4, -0.2) is 212 Å². The second-order valence-corrected chi connectivity index (χ2v) is 26.7. The second-order valence-electron chi connectivity index (χ2n) is 26.7.